The van der Waals surface area contributed by atoms with Crippen LogP contribution in [0.1, 0.15) is 20.3 Å². The number of urea groups is 1. The molecule has 1 aliphatic heterocycles. The molecule has 88 valence electrons. The van der Waals surface area contributed by atoms with Crippen LogP contribution in [0.4, 0.5) is 4.79 Å². The van der Waals surface area contributed by atoms with Gasteiger partial charge in [0.1, 0.15) is 5.41 Å². The van der Waals surface area contributed by atoms with Gasteiger partial charge in [0.05, 0.1) is 0 Å². The van der Waals surface area contributed by atoms with Gasteiger partial charge in [0.15, 0.2) is 0 Å². The van der Waals surface area contributed by atoms with E-state index >= 15 is 0 Å². The Hall–Kier alpha value is -1.36. The summed E-state index contributed by atoms with van der Waals surface area (Å²) in [6, 6.07) is -0.800. The van der Waals surface area contributed by atoms with Gasteiger partial charge in [-0.05, 0) is 5.92 Å². The molecule has 1 aliphatic rings. The first-order chi connectivity index (χ1) is 7.30. The molecule has 4 amide bonds. The number of rotatable bonds is 3. The quantitative estimate of drug-likeness (QED) is 0.731. The van der Waals surface area contributed by atoms with Gasteiger partial charge in [-0.2, -0.15) is 0 Å². The first-order valence-electron chi connectivity index (χ1n) is 4.81. The zero-order valence-electron chi connectivity index (χ0n) is 9.09. The number of nitrogens with one attached hydrogen (secondary N) is 2. The highest BCUT2D eigenvalue weighted by atomic mass is 35.5. The van der Waals surface area contributed by atoms with Gasteiger partial charge in [-0.1, -0.05) is 32.0 Å². The largest absolute Gasteiger partial charge is 0.328 e. The molecule has 0 aromatic rings. The second-order valence-electron chi connectivity index (χ2n) is 4.06. The van der Waals surface area contributed by atoms with E-state index in [0.29, 0.717) is 0 Å². The van der Waals surface area contributed by atoms with E-state index in [4.69, 9.17) is 11.6 Å². The van der Waals surface area contributed by atoms with Crippen LogP contribution in [-0.2, 0) is 9.59 Å². The summed E-state index contributed by atoms with van der Waals surface area (Å²) in [4.78, 5) is 34.6. The number of halogens is 1. The van der Waals surface area contributed by atoms with Crippen LogP contribution in [0.5, 0.6) is 0 Å². The van der Waals surface area contributed by atoms with Crippen LogP contribution in [0, 0.1) is 11.3 Å². The Kier molecular flexibility index (Phi) is 3.38. The third-order valence-electron chi connectivity index (χ3n) is 2.72. The lowest BCUT2D eigenvalue weighted by Gasteiger charge is -2.36. The maximum absolute atomic E-state index is 11.8. The molecule has 1 saturated heterocycles. The lowest BCUT2D eigenvalue weighted by atomic mass is 9.72. The molecular formula is C10H13ClN2O3. The van der Waals surface area contributed by atoms with E-state index in [1.807, 2.05) is 0 Å². The summed E-state index contributed by atoms with van der Waals surface area (Å²) >= 11 is 5.67. The van der Waals surface area contributed by atoms with Crippen molar-refractivity contribution < 1.29 is 14.4 Å². The Labute approximate surface area is 98.2 Å². The van der Waals surface area contributed by atoms with Gasteiger partial charge in [0.2, 0.25) is 11.8 Å². The average Bonchev–Trinajstić information content (AvgIpc) is 2.10. The first kappa shape index (κ1) is 12.7. The smallest absolute Gasteiger partial charge is 0.277 e. The maximum atomic E-state index is 11.8. The average molecular weight is 245 g/mol. The van der Waals surface area contributed by atoms with Crippen molar-refractivity contribution in [3.63, 3.8) is 0 Å². The Morgan fingerprint density at radius 1 is 1.31 bits per heavy atom. The Morgan fingerprint density at radius 2 is 1.75 bits per heavy atom. The van der Waals surface area contributed by atoms with Gasteiger partial charge in [-0.3, -0.25) is 20.2 Å². The first-order valence-corrected chi connectivity index (χ1v) is 5.18. The molecule has 16 heavy (non-hydrogen) atoms. The maximum Gasteiger partial charge on any atom is 0.328 e. The van der Waals surface area contributed by atoms with Crippen LogP contribution in [-0.4, -0.2) is 17.8 Å². The standard InChI is InChI=1S/C10H13ClN2O3/c1-5(2)10(4-6(3)11)7(14)12-9(16)13-8(10)15/h5H,3-4H2,1-2H3,(H2,12,13,14,15,16). The molecule has 0 aromatic carbocycles. The van der Waals surface area contributed by atoms with Crippen LogP contribution in [0.25, 0.3) is 0 Å². The van der Waals surface area contributed by atoms with Gasteiger partial charge in [-0.25, -0.2) is 4.79 Å². The van der Waals surface area contributed by atoms with Crippen molar-refractivity contribution in [2.45, 2.75) is 20.3 Å². The summed E-state index contributed by atoms with van der Waals surface area (Å²) in [5.41, 5.74) is -1.35. The predicted octanol–water partition coefficient (Wildman–Crippen LogP) is 1.14. The van der Waals surface area contributed by atoms with Crippen LogP contribution < -0.4 is 10.6 Å². The number of carbonyl (C=O) groups is 3. The van der Waals surface area contributed by atoms with Crippen molar-refractivity contribution in [2.24, 2.45) is 11.3 Å². The zero-order chi connectivity index (χ0) is 12.5. The van der Waals surface area contributed by atoms with Gasteiger partial charge >= 0.3 is 6.03 Å². The molecule has 0 aromatic heterocycles. The van der Waals surface area contributed by atoms with E-state index < -0.39 is 23.3 Å². The normalized spacial score (nSPS) is 19.4. The van der Waals surface area contributed by atoms with Crippen molar-refractivity contribution in [2.75, 3.05) is 0 Å². The summed E-state index contributed by atoms with van der Waals surface area (Å²) in [6.45, 7) is 6.92. The summed E-state index contributed by atoms with van der Waals surface area (Å²) in [7, 11) is 0. The van der Waals surface area contributed by atoms with E-state index in [9.17, 15) is 14.4 Å². The van der Waals surface area contributed by atoms with Crippen LogP contribution in [0.2, 0.25) is 0 Å². The molecule has 1 heterocycles. The molecule has 0 unspecified atom stereocenters. The lowest BCUT2D eigenvalue weighted by molar-refractivity contribution is -0.147. The van der Waals surface area contributed by atoms with E-state index in [1.165, 1.54) is 0 Å². The molecule has 6 heteroatoms. The number of hydrogen-bond acceptors (Lipinski definition) is 3. The van der Waals surface area contributed by atoms with E-state index in [1.54, 1.807) is 13.8 Å². The third-order valence-corrected chi connectivity index (χ3v) is 2.85. The fraction of sp³-hybridized carbons (Fsp3) is 0.500. The predicted molar refractivity (Wildman–Crippen MR) is 58.6 cm³/mol. The second kappa shape index (κ2) is 4.25. The SMILES string of the molecule is C=C(Cl)CC1(C(C)C)C(=O)NC(=O)NC1=O. The topological polar surface area (TPSA) is 75.3 Å². The molecule has 2 N–H and O–H groups in total. The molecule has 1 fully saturated rings. The molecule has 0 aliphatic carbocycles. The van der Waals surface area contributed by atoms with Crippen molar-refractivity contribution in [1.29, 1.82) is 0 Å². The highest BCUT2D eigenvalue weighted by molar-refractivity contribution is 6.30. The Balaban J connectivity index is 3.17. The minimum absolute atomic E-state index is 0.0111. The van der Waals surface area contributed by atoms with E-state index in [2.05, 4.69) is 17.2 Å². The number of amides is 4. The molecule has 0 saturated carbocycles. The van der Waals surface area contributed by atoms with Gasteiger partial charge in [-0.15, -0.1) is 0 Å². The number of hydrogen-bond donors (Lipinski definition) is 2. The fourth-order valence-corrected chi connectivity index (χ4v) is 1.97. The number of carbonyl (C=O) groups excluding carboxylic acids is 3. The zero-order valence-corrected chi connectivity index (χ0v) is 9.85. The van der Waals surface area contributed by atoms with Crippen molar-refractivity contribution in [3.8, 4) is 0 Å². The number of barbiturate groups is 1. The van der Waals surface area contributed by atoms with E-state index in [-0.39, 0.29) is 17.4 Å². The molecule has 0 radical (unpaired) electrons. The van der Waals surface area contributed by atoms with Crippen molar-refractivity contribution in [3.05, 3.63) is 11.6 Å². The van der Waals surface area contributed by atoms with Gasteiger partial charge in [0, 0.05) is 11.5 Å². The second-order valence-corrected chi connectivity index (χ2v) is 4.59. The third kappa shape index (κ3) is 1.95. The highest BCUT2D eigenvalue weighted by Gasteiger charge is 2.52. The van der Waals surface area contributed by atoms with Crippen molar-refractivity contribution >= 4 is 29.4 Å². The minimum atomic E-state index is -1.35. The number of allylic oxidation sites excluding steroid dienone is 1. The Morgan fingerprint density at radius 3 is 2.06 bits per heavy atom. The fourth-order valence-electron chi connectivity index (χ4n) is 1.76. The summed E-state index contributed by atoms with van der Waals surface area (Å²) in [5, 5.41) is 4.36. The van der Waals surface area contributed by atoms with Crippen LogP contribution in [0.15, 0.2) is 11.6 Å². The Bertz CT molecular complexity index is 356. The van der Waals surface area contributed by atoms with Crippen molar-refractivity contribution in [1.82, 2.24) is 10.6 Å². The monoisotopic (exact) mass is 244 g/mol. The summed E-state index contributed by atoms with van der Waals surface area (Å²) < 4.78 is 0. The van der Waals surface area contributed by atoms with Gasteiger partial charge < -0.3 is 0 Å². The van der Waals surface area contributed by atoms with Gasteiger partial charge in [0.25, 0.3) is 0 Å². The van der Waals surface area contributed by atoms with E-state index in [0.717, 1.165) is 0 Å². The lowest BCUT2D eigenvalue weighted by Crippen LogP contribution is -2.64. The molecule has 0 spiro atoms. The molecular weight excluding hydrogens is 232 g/mol. The highest BCUT2D eigenvalue weighted by Crippen LogP contribution is 2.37. The molecule has 1 rings (SSSR count). The van der Waals surface area contributed by atoms with Crippen LogP contribution >= 0.6 is 11.6 Å². The summed E-state index contributed by atoms with van der Waals surface area (Å²) in [5.74, 6) is -1.55. The number of imide groups is 2. The molecule has 5 nitrogen and oxygen atoms in total. The molecule has 0 atom stereocenters. The minimum Gasteiger partial charge on any atom is -0.277 e. The summed E-state index contributed by atoms with van der Waals surface area (Å²) in [6.07, 6.45) is 0.0111. The van der Waals surface area contributed by atoms with Crippen LogP contribution in [0.3, 0.4) is 0 Å². The molecule has 0 bridgehead atoms.